The van der Waals surface area contributed by atoms with Crippen LogP contribution in [-0.2, 0) is 19.9 Å². The van der Waals surface area contributed by atoms with Crippen LogP contribution in [0.25, 0.3) is 0 Å². The summed E-state index contributed by atoms with van der Waals surface area (Å²) >= 11 is 0. The molecule has 0 aliphatic rings. The minimum Gasteiger partial charge on any atom is -0.357 e. The maximum absolute atomic E-state index is 11.8. The summed E-state index contributed by atoms with van der Waals surface area (Å²) in [5.74, 6) is 0.251. The molecule has 0 fully saturated rings. The van der Waals surface area contributed by atoms with Crippen LogP contribution in [0.4, 0.5) is 5.95 Å². The Labute approximate surface area is 112 Å². The first kappa shape index (κ1) is 15.8. The van der Waals surface area contributed by atoms with Gasteiger partial charge in [-0.25, -0.2) is 31.5 Å². The Hall–Kier alpha value is -1.26. The Morgan fingerprint density at radius 2 is 1.74 bits per heavy atom. The zero-order valence-electron chi connectivity index (χ0n) is 10.6. The molecule has 108 valence electrons. The van der Waals surface area contributed by atoms with Crippen molar-refractivity contribution >= 4 is 25.8 Å². The van der Waals surface area contributed by atoms with Crippen LogP contribution in [0.15, 0.2) is 17.3 Å². The molecular formula is C9H16N4O4S2. The van der Waals surface area contributed by atoms with Crippen molar-refractivity contribution in [1.82, 2.24) is 14.7 Å². The highest BCUT2D eigenvalue weighted by Gasteiger charge is 2.14. The molecule has 1 rings (SSSR count). The summed E-state index contributed by atoms with van der Waals surface area (Å²) in [6, 6.07) is 0. The number of nitrogens with zero attached hydrogens (tertiary/aromatic N) is 2. The van der Waals surface area contributed by atoms with Gasteiger partial charge < -0.3 is 5.32 Å². The highest BCUT2D eigenvalue weighted by Crippen LogP contribution is 2.06. The third-order valence-electron chi connectivity index (χ3n) is 2.15. The molecule has 0 unspecified atom stereocenters. The molecule has 0 aromatic carbocycles. The number of hydrogen-bond acceptors (Lipinski definition) is 7. The summed E-state index contributed by atoms with van der Waals surface area (Å²) in [7, 11) is -5.17. The molecule has 0 amide bonds. The largest absolute Gasteiger partial charge is 0.357 e. The van der Waals surface area contributed by atoms with E-state index in [1.807, 2.05) is 0 Å². The molecule has 0 radical (unpaired) electrons. The first-order chi connectivity index (χ1) is 8.74. The fraction of sp³-hybridized carbons (Fsp3) is 0.556. The van der Waals surface area contributed by atoms with Crippen LogP contribution >= 0.6 is 0 Å². The van der Waals surface area contributed by atoms with Crippen LogP contribution in [0, 0.1) is 0 Å². The molecule has 0 aliphatic carbocycles. The Bertz CT molecular complexity index is 610. The van der Waals surface area contributed by atoms with E-state index in [1.165, 1.54) is 12.4 Å². The van der Waals surface area contributed by atoms with Gasteiger partial charge in [0.1, 0.15) is 14.7 Å². The summed E-state index contributed by atoms with van der Waals surface area (Å²) in [4.78, 5) is 7.52. The van der Waals surface area contributed by atoms with Crippen molar-refractivity contribution in [3.8, 4) is 0 Å². The monoisotopic (exact) mass is 308 g/mol. The average Bonchev–Trinajstić information content (AvgIpc) is 2.34. The zero-order valence-corrected chi connectivity index (χ0v) is 12.3. The van der Waals surface area contributed by atoms with Crippen LogP contribution in [0.1, 0.15) is 6.42 Å². The van der Waals surface area contributed by atoms with Gasteiger partial charge in [0.25, 0.3) is 0 Å². The highest BCUT2D eigenvalue weighted by molar-refractivity contribution is 7.90. The second kappa shape index (κ2) is 6.26. The minimum absolute atomic E-state index is 0.0448. The van der Waals surface area contributed by atoms with Gasteiger partial charge in [-0.15, -0.1) is 0 Å². The van der Waals surface area contributed by atoms with E-state index in [-0.39, 0.29) is 23.6 Å². The van der Waals surface area contributed by atoms with E-state index in [0.717, 1.165) is 6.26 Å². The number of anilines is 1. The SMILES string of the molecule is CNc1ncc(S(=O)(=O)NCCCS(C)(=O)=O)cn1. The predicted molar refractivity (Wildman–Crippen MR) is 71.1 cm³/mol. The molecule has 1 heterocycles. The minimum atomic E-state index is -3.70. The van der Waals surface area contributed by atoms with Crippen molar-refractivity contribution in [3.05, 3.63) is 12.4 Å². The van der Waals surface area contributed by atoms with E-state index >= 15 is 0 Å². The van der Waals surface area contributed by atoms with Crippen molar-refractivity contribution in [1.29, 1.82) is 0 Å². The second-order valence-electron chi connectivity index (χ2n) is 3.87. The molecule has 0 saturated heterocycles. The van der Waals surface area contributed by atoms with Gasteiger partial charge in [-0.2, -0.15) is 0 Å². The lowest BCUT2D eigenvalue weighted by molar-refractivity contribution is 0.576. The molecule has 10 heteroatoms. The van der Waals surface area contributed by atoms with Crippen LogP contribution in [-0.4, -0.2) is 52.4 Å². The van der Waals surface area contributed by atoms with Gasteiger partial charge in [-0.05, 0) is 6.42 Å². The number of sulfone groups is 1. The molecule has 19 heavy (non-hydrogen) atoms. The van der Waals surface area contributed by atoms with Crippen molar-refractivity contribution in [3.63, 3.8) is 0 Å². The quantitative estimate of drug-likeness (QED) is 0.635. The Kier molecular flexibility index (Phi) is 5.20. The Balaban J connectivity index is 2.60. The van der Waals surface area contributed by atoms with E-state index in [1.54, 1.807) is 7.05 Å². The number of aromatic nitrogens is 2. The standard InChI is InChI=1S/C9H16N4O4S2/c1-10-9-11-6-8(7-12-9)19(16,17)13-4-3-5-18(2,14)15/h6-7,13H,3-5H2,1-2H3,(H,10,11,12). The summed E-state index contributed by atoms with van der Waals surface area (Å²) in [5, 5.41) is 2.67. The van der Waals surface area contributed by atoms with Crippen molar-refractivity contribution in [2.75, 3.05) is 30.9 Å². The maximum atomic E-state index is 11.8. The molecule has 0 spiro atoms. The number of nitrogens with one attached hydrogen (secondary N) is 2. The molecule has 1 aromatic rings. The van der Waals surface area contributed by atoms with E-state index < -0.39 is 19.9 Å². The summed E-state index contributed by atoms with van der Waals surface area (Å²) < 4.78 is 47.7. The van der Waals surface area contributed by atoms with Crippen molar-refractivity contribution in [2.24, 2.45) is 0 Å². The first-order valence-electron chi connectivity index (χ1n) is 5.42. The van der Waals surface area contributed by atoms with E-state index in [4.69, 9.17) is 0 Å². The number of sulfonamides is 1. The van der Waals surface area contributed by atoms with Gasteiger partial charge in [0.2, 0.25) is 16.0 Å². The lowest BCUT2D eigenvalue weighted by Gasteiger charge is -2.06. The second-order valence-corrected chi connectivity index (χ2v) is 7.90. The van der Waals surface area contributed by atoms with Crippen LogP contribution in [0.5, 0.6) is 0 Å². The summed E-state index contributed by atoms with van der Waals surface area (Å²) in [6.07, 6.45) is 3.68. The molecule has 0 saturated carbocycles. The predicted octanol–water partition coefficient (Wildman–Crippen LogP) is -0.769. The fourth-order valence-electron chi connectivity index (χ4n) is 1.21. The molecule has 0 aliphatic heterocycles. The lowest BCUT2D eigenvalue weighted by atomic mass is 10.5. The van der Waals surface area contributed by atoms with Gasteiger partial charge in [-0.3, -0.25) is 0 Å². The van der Waals surface area contributed by atoms with Gasteiger partial charge >= 0.3 is 0 Å². The molecule has 8 nitrogen and oxygen atoms in total. The molecule has 2 N–H and O–H groups in total. The van der Waals surface area contributed by atoms with Crippen LogP contribution in [0.3, 0.4) is 0 Å². The molecule has 0 bridgehead atoms. The van der Waals surface area contributed by atoms with Gasteiger partial charge in [0.15, 0.2) is 0 Å². The average molecular weight is 308 g/mol. The van der Waals surface area contributed by atoms with Crippen LogP contribution in [0.2, 0.25) is 0 Å². The summed E-state index contributed by atoms with van der Waals surface area (Å²) in [6.45, 7) is 0.0448. The van der Waals surface area contributed by atoms with Gasteiger partial charge in [-0.1, -0.05) is 0 Å². The number of hydrogen-bond donors (Lipinski definition) is 2. The highest BCUT2D eigenvalue weighted by atomic mass is 32.2. The normalized spacial score (nSPS) is 12.3. The van der Waals surface area contributed by atoms with Crippen molar-refractivity contribution < 1.29 is 16.8 Å². The topological polar surface area (TPSA) is 118 Å². The fourth-order valence-corrected chi connectivity index (χ4v) is 2.84. The maximum Gasteiger partial charge on any atom is 0.243 e. The molecule has 0 atom stereocenters. The Morgan fingerprint density at radius 3 is 2.21 bits per heavy atom. The first-order valence-corrected chi connectivity index (χ1v) is 8.96. The third kappa shape index (κ3) is 5.49. The van der Waals surface area contributed by atoms with Crippen molar-refractivity contribution in [2.45, 2.75) is 11.3 Å². The zero-order chi connectivity index (χ0) is 14.5. The molecule has 1 aromatic heterocycles. The van der Waals surface area contributed by atoms with Crippen LogP contribution < -0.4 is 10.0 Å². The van der Waals surface area contributed by atoms with Gasteiger partial charge in [0, 0.05) is 19.8 Å². The number of rotatable bonds is 7. The Morgan fingerprint density at radius 1 is 1.16 bits per heavy atom. The molecular weight excluding hydrogens is 292 g/mol. The van der Waals surface area contributed by atoms with E-state index in [0.29, 0.717) is 5.95 Å². The van der Waals surface area contributed by atoms with E-state index in [9.17, 15) is 16.8 Å². The third-order valence-corrected chi connectivity index (χ3v) is 4.59. The van der Waals surface area contributed by atoms with Gasteiger partial charge in [0.05, 0.1) is 18.1 Å². The summed E-state index contributed by atoms with van der Waals surface area (Å²) in [5.41, 5.74) is 0. The lowest BCUT2D eigenvalue weighted by Crippen LogP contribution is -2.26. The van der Waals surface area contributed by atoms with E-state index in [2.05, 4.69) is 20.0 Å². The smallest absolute Gasteiger partial charge is 0.243 e.